The summed E-state index contributed by atoms with van der Waals surface area (Å²) >= 11 is 0. The third-order valence-corrected chi connectivity index (χ3v) is 2.70. The van der Waals surface area contributed by atoms with Crippen LogP contribution in [0.2, 0.25) is 0 Å². The van der Waals surface area contributed by atoms with Gasteiger partial charge in [0.1, 0.15) is 17.3 Å². The zero-order valence-electron chi connectivity index (χ0n) is 10.6. The van der Waals surface area contributed by atoms with Gasteiger partial charge in [0, 0.05) is 31.4 Å². The van der Waals surface area contributed by atoms with Crippen molar-refractivity contribution in [3.63, 3.8) is 0 Å². The summed E-state index contributed by atoms with van der Waals surface area (Å²) in [6, 6.07) is 3.09. The first-order valence-electron chi connectivity index (χ1n) is 6.04. The van der Waals surface area contributed by atoms with Gasteiger partial charge in [-0.15, -0.1) is 0 Å². The van der Waals surface area contributed by atoms with Crippen molar-refractivity contribution in [2.24, 2.45) is 5.73 Å². The smallest absolute Gasteiger partial charge is 0.271 e. The van der Waals surface area contributed by atoms with E-state index in [4.69, 9.17) is 5.73 Å². The van der Waals surface area contributed by atoms with Gasteiger partial charge in [-0.25, -0.2) is 13.8 Å². The van der Waals surface area contributed by atoms with Crippen LogP contribution in [-0.2, 0) is 13.1 Å². The van der Waals surface area contributed by atoms with Crippen LogP contribution in [0.1, 0.15) is 16.1 Å². The monoisotopic (exact) mass is 280 g/mol. The van der Waals surface area contributed by atoms with Crippen LogP contribution >= 0.6 is 0 Å². The number of hydrogen-bond acceptors (Lipinski definition) is 3. The number of carbonyl (C=O) groups is 1. The fourth-order valence-electron chi connectivity index (χ4n) is 1.69. The van der Waals surface area contributed by atoms with E-state index in [-0.39, 0.29) is 17.8 Å². The Bertz CT molecular complexity index is 612. The number of halogens is 2. The van der Waals surface area contributed by atoms with E-state index < -0.39 is 17.5 Å². The fourth-order valence-corrected chi connectivity index (χ4v) is 1.69. The molecule has 0 aliphatic rings. The van der Waals surface area contributed by atoms with Crippen molar-refractivity contribution in [2.75, 3.05) is 6.54 Å². The minimum absolute atomic E-state index is 0.0831. The van der Waals surface area contributed by atoms with Crippen molar-refractivity contribution in [3.05, 3.63) is 53.6 Å². The maximum Gasteiger partial charge on any atom is 0.271 e. The summed E-state index contributed by atoms with van der Waals surface area (Å²) in [6.45, 7) is 0.886. The van der Waals surface area contributed by atoms with Crippen molar-refractivity contribution in [3.8, 4) is 0 Å². The van der Waals surface area contributed by atoms with Crippen molar-refractivity contribution < 1.29 is 13.6 Å². The lowest BCUT2D eigenvalue weighted by Gasteiger charge is -2.05. The Balaban J connectivity index is 1.99. The highest BCUT2D eigenvalue weighted by molar-refractivity contribution is 5.91. The predicted octanol–water partition coefficient (Wildman–Crippen LogP) is 1.05. The first-order valence-corrected chi connectivity index (χ1v) is 6.04. The maximum absolute atomic E-state index is 13.4. The number of amides is 1. The topological polar surface area (TPSA) is 72.9 Å². The number of carbonyl (C=O) groups excluding carboxylic acids is 1. The highest BCUT2D eigenvalue weighted by Gasteiger charge is 2.10. The molecule has 106 valence electrons. The SMILES string of the molecule is NCCn1cnc(C(=O)NCc2cc(F)ccc2F)c1. The van der Waals surface area contributed by atoms with E-state index in [9.17, 15) is 13.6 Å². The number of imidazole rings is 1. The number of nitrogens with two attached hydrogens (primary N) is 1. The van der Waals surface area contributed by atoms with Gasteiger partial charge in [0.25, 0.3) is 5.91 Å². The van der Waals surface area contributed by atoms with Crippen LogP contribution in [0.5, 0.6) is 0 Å². The molecule has 0 radical (unpaired) electrons. The van der Waals surface area contributed by atoms with Crippen LogP contribution in [0.15, 0.2) is 30.7 Å². The molecule has 7 heteroatoms. The lowest BCUT2D eigenvalue weighted by atomic mass is 10.2. The van der Waals surface area contributed by atoms with Gasteiger partial charge in [0.15, 0.2) is 0 Å². The van der Waals surface area contributed by atoms with E-state index in [1.165, 1.54) is 6.33 Å². The Kier molecular flexibility index (Phi) is 4.41. The molecule has 0 bridgehead atoms. The second-order valence-corrected chi connectivity index (χ2v) is 4.20. The Morgan fingerprint density at radius 1 is 1.40 bits per heavy atom. The van der Waals surface area contributed by atoms with Gasteiger partial charge >= 0.3 is 0 Å². The Morgan fingerprint density at radius 2 is 2.20 bits per heavy atom. The molecule has 3 N–H and O–H groups in total. The fraction of sp³-hybridized carbons (Fsp3) is 0.231. The third kappa shape index (κ3) is 3.39. The summed E-state index contributed by atoms with van der Waals surface area (Å²) in [6.07, 6.45) is 3.04. The molecule has 0 aliphatic heterocycles. The summed E-state index contributed by atoms with van der Waals surface area (Å²) in [4.78, 5) is 15.7. The number of benzene rings is 1. The average Bonchev–Trinajstić information content (AvgIpc) is 2.88. The average molecular weight is 280 g/mol. The van der Waals surface area contributed by atoms with E-state index in [0.717, 1.165) is 18.2 Å². The molecule has 1 aromatic heterocycles. The minimum Gasteiger partial charge on any atom is -0.346 e. The van der Waals surface area contributed by atoms with Gasteiger partial charge in [-0.3, -0.25) is 4.79 Å². The number of nitrogens with zero attached hydrogens (tertiary/aromatic N) is 2. The minimum atomic E-state index is -0.569. The van der Waals surface area contributed by atoms with Gasteiger partial charge in [-0.2, -0.15) is 0 Å². The predicted molar refractivity (Wildman–Crippen MR) is 68.8 cm³/mol. The number of hydrogen-bond donors (Lipinski definition) is 2. The molecule has 5 nitrogen and oxygen atoms in total. The van der Waals surface area contributed by atoms with Crippen LogP contribution in [0.25, 0.3) is 0 Å². The van der Waals surface area contributed by atoms with Crippen molar-refractivity contribution >= 4 is 5.91 Å². The normalized spacial score (nSPS) is 10.6. The molecule has 0 saturated heterocycles. The largest absolute Gasteiger partial charge is 0.346 e. The number of aromatic nitrogens is 2. The van der Waals surface area contributed by atoms with Crippen LogP contribution in [0, 0.1) is 11.6 Å². The summed E-state index contributed by atoms with van der Waals surface area (Å²) in [5.41, 5.74) is 5.67. The Morgan fingerprint density at radius 3 is 2.95 bits per heavy atom. The van der Waals surface area contributed by atoms with E-state index >= 15 is 0 Å². The van der Waals surface area contributed by atoms with Gasteiger partial charge in [0.2, 0.25) is 0 Å². The summed E-state index contributed by atoms with van der Waals surface area (Å²) in [5, 5.41) is 2.49. The lowest BCUT2D eigenvalue weighted by Crippen LogP contribution is -2.23. The molecule has 1 amide bonds. The third-order valence-electron chi connectivity index (χ3n) is 2.70. The number of nitrogens with one attached hydrogen (secondary N) is 1. The highest BCUT2D eigenvalue weighted by Crippen LogP contribution is 2.09. The molecular weight excluding hydrogens is 266 g/mol. The molecule has 1 heterocycles. The van der Waals surface area contributed by atoms with Gasteiger partial charge in [-0.1, -0.05) is 0 Å². The first kappa shape index (κ1) is 14.1. The summed E-state index contributed by atoms with van der Waals surface area (Å²) in [5.74, 6) is -1.58. The molecule has 0 atom stereocenters. The van der Waals surface area contributed by atoms with Crippen LogP contribution < -0.4 is 11.1 Å². The molecular formula is C13H14F2N4O. The molecule has 2 rings (SSSR count). The highest BCUT2D eigenvalue weighted by atomic mass is 19.1. The molecule has 20 heavy (non-hydrogen) atoms. The van der Waals surface area contributed by atoms with Crippen molar-refractivity contribution in [1.29, 1.82) is 0 Å². The molecule has 0 unspecified atom stereocenters. The molecule has 1 aromatic carbocycles. The molecule has 0 spiro atoms. The molecule has 0 saturated carbocycles. The number of rotatable bonds is 5. The quantitative estimate of drug-likeness (QED) is 0.860. The summed E-state index contributed by atoms with van der Waals surface area (Å²) in [7, 11) is 0. The van der Waals surface area contributed by atoms with E-state index in [1.807, 2.05) is 0 Å². The van der Waals surface area contributed by atoms with Crippen molar-refractivity contribution in [2.45, 2.75) is 13.1 Å². The molecule has 0 fully saturated rings. The van der Waals surface area contributed by atoms with Gasteiger partial charge in [-0.05, 0) is 18.2 Å². The Labute approximate surface area is 114 Å². The first-order chi connectivity index (χ1) is 9.60. The van der Waals surface area contributed by atoms with Crippen LogP contribution in [0.3, 0.4) is 0 Å². The van der Waals surface area contributed by atoms with Crippen LogP contribution in [0.4, 0.5) is 8.78 Å². The molecule has 0 aliphatic carbocycles. The lowest BCUT2D eigenvalue weighted by molar-refractivity contribution is 0.0946. The Hall–Kier alpha value is -2.28. The van der Waals surface area contributed by atoms with E-state index in [0.29, 0.717) is 13.1 Å². The standard InChI is InChI=1S/C13H14F2N4O/c14-10-1-2-11(15)9(5-10)6-17-13(20)12-7-19(4-3-16)8-18-12/h1-2,5,7-8H,3-4,6,16H2,(H,17,20). The molecule has 2 aromatic rings. The van der Waals surface area contributed by atoms with E-state index in [1.54, 1.807) is 10.8 Å². The van der Waals surface area contributed by atoms with E-state index in [2.05, 4.69) is 10.3 Å². The zero-order chi connectivity index (χ0) is 14.5. The van der Waals surface area contributed by atoms with Gasteiger partial charge < -0.3 is 15.6 Å². The maximum atomic E-state index is 13.4. The second-order valence-electron chi connectivity index (χ2n) is 4.20. The van der Waals surface area contributed by atoms with Crippen molar-refractivity contribution in [1.82, 2.24) is 14.9 Å². The van der Waals surface area contributed by atoms with Crippen LogP contribution in [-0.4, -0.2) is 22.0 Å². The van der Waals surface area contributed by atoms with Gasteiger partial charge in [0.05, 0.1) is 6.33 Å². The summed E-state index contributed by atoms with van der Waals surface area (Å²) < 4.78 is 28.0. The second kappa shape index (κ2) is 6.25. The zero-order valence-corrected chi connectivity index (χ0v) is 10.6.